The van der Waals surface area contributed by atoms with E-state index >= 15 is 0 Å². The van der Waals surface area contributed by atoms with Gasteiger partial charge in [0.2, 0.25) is 0 Å². The van der Waals surface area contributed by atoms with Crippen LogP contribution in [0.4, 0.5) is 0 Å². The first-order valence-corrected chi connectivity index (χ1v) is 6.06. The molecule has 0 radical (unpaired) electrons. The summed E-state index contributed by atoms with van der Waals surface area (Å²) in [5.41, 5.74) is 1.57. The number of nitrogens with zero attached hydrogens (tertiary/aromatic N) is 1. The predicted molar refractivity (Wildman–Crippen MR) is 76.1 cm³/mol. The number of fused-ring (bicyclic) bond motifs is 1. The maximum atomic E-state index is 12.4. The van der Waals surface area contributed by atoms with Crippen molar-refractivity contribution in [2.75, 3.05) is 7.11 Å². The minimum Gasteiger partial charge on any atom is -0.413 e. The van der Waals surface area contributed by atoms with Gasteiger partial charge in [-0.2, -0.15) is 0 Å². The molecule has 3 rings (SSSR count). The topological polar surface area (TPSA) is 31.2 Å². The molecule has 0 saturated carbocycles. The van der Waals surface area contributed by atoms with Gasteiger partial charge in [-0.15, -0.1) is 4.73 Å². The van der Waals surface area contributed by atoms with Gasteiger partial charge in [-0.25, -0.2) is 0 Å². The molecule has 3 heteroatoms. The molecule has 3 nitrogen and oxygen atoms in total. The van der Waals surface area contributed by atoms with Crippen LogP contribution in [-0.4, -0.2) is 11.8 Å². The summed E-state index contributed by atoms with van der Waals surface area (Å²) in [5.74, 6) is 0. The van der Waals surface area contributed by atoms with Crippen molar-refractivity contribution in [2.45, 2.75) is 0 Å². The zero-order valence-corrected chi connectivity index (χ0v) is 10.5. The lowest BCUT2D eigenvalue weighted by atomic mass is 10.1. The van der Waals surface area contributed by atoms with Crippen molar-refractivity contribution in [3.8, 4) is 11.3 Å². The van der Waals surface area contributed by atoms with E-state index in [2.05, 4.69) is 0 Å². The third-order valence-electron chi connectivity index (χ3n) is 3.14. The second kappa shape index (κ2) is 4.61. The van der Waals surface area contributed by atoms with Gasteiger partial charge in [-0.05, 0) is 17.5 Å². The van der Waals surface area contributed by atoms with Gasteiger partial charge < -0.3 is 4.84 Å². The molecule has 0 fully saturated rings. The maximum absolute atomic E-state index is 12.4. The highest BCUT2D eigenvalue weighted by Crippen LogP contribution is 2.21. The molecule has 0 atom stereocenters. The summed E-state index contributed by atoms with van der Waals surface area (Å²) >= 11 is 0. The van der Waals surface area contributed by atoms with Crippen LogP contribution in [0.5, 0.6) is 0 Å². The van der Waals surface area contributed by atoms with Crippen LogP contribution in [0.3, 0.4) is 0 Å². The average Bonchev–Trinajstić information content (AvgIpc) is 2.48. The van der Waals surface area contributed by atoms with Gasteiger partial charge in [0.1, 0.15) is 7.11 Å². The summed E-state index contributed by atoms with van der Waals surface area (Å²) in [6, 6.07) is 19.2. The quantitative estimate of drug-likeness (QED) is 0.701. The van der Waals surface area contributed by atoms with Crippen LogP contribution in [0, 0.1) is 0 Å². The number of pyridine rings is 1. The van der Waals surface area contributed by atoms with Crippen molar-refractivity contribution < 1.29 is 4.84 Å². The Labute approximate surface area is 110 Å². The van der Waals surface area contributed by atoms with Crippen LogP contribution in [-0.2, 0) is 0 Å². The van der Waals surface area contributed by atoms with E-state index in [-0.39, 0.29) is 5.56 Å². The summed E-state index contributed by atoms with van der Waals surface area (Å²) in [6.45, 7) is 0. The molecule has 0 aliphatic heterocycles. The van der Waals surface area contributed by atoms with Crippen molar-refractivity contribution in [1.29, 1.82) is 0 Å². The molecule has 19 heavy (non-hydrogen) atoms. The number of benzene rings is 2. The van der Waals surface area contributed by atoms with Crippen molar-refractivity contribution in [3.05, 3.63) is 71.0 Å². The fraction of sp³-hybridized carbons (Fsp3) is 0.0625. The van der Waals surface area contributed by atoms with Crippen molar-refractivity contribution in [2.24, 2.45) is 0 Å². The number of hydrogen-bond donors (Lipinski definition) is 0. The average molecular weight is 251 g/mol. The van der Waals surface area contributed by atoms with Gasteiger partial charge in [0.15, 0.2) is 0 Å². The largest absolute Gasteiger partial charge is 0.413 e. The van der Waals surface area contributed by atoms with Gasteiger partial charge in [0.25, 0.3) is 5.56 Å². The number of rotatable bonds is 2. The monoisotopic (exact) mass is 251 g/mol. The minimum absolute atomic E-state index is 0.139. The van der Waals surface area contributed by atoms with Crippen molar-refractivity contribution in [3.63, 3.8) is 0 Å². The van der Waals surface area contributed by atoms with E-state index in [4.69, 9.17) is 4.84 Å². The van der Waals surface area contributed by atoms with Crippen molar-refractivity contribution in [1.82, 2.24) is 4.73 Å². The highest BCUT2D eigenvalue weighted by molar-refractivity contribution is 5.85. The highest BCUT2D eigenvalue weighted by Gasteiger charge is 2.10. The molecular weight excluding hydrogens is 238 g/mol. The fourth-order valence-electron chi connectivity index (χ4n) is 2.23. The van der Waals surface area contributed by atoms with E-state index in [0.29, 0.717) is 5.39 Å². The zero-order valence-electron chi connectivity index (χ0n) is 10.5. The van der Waals surface area contributed by atoms with Crippen LogP contribution in [0.25, 0.3) is 22.0 Å². The summed E-state index contributed by atoms with van der Waals surface area (Å²) in [7, 11) is 1.50. The lowest BCUT2D eigenvalue weighted by Crippen LogP contribution is -2.26. The van der Waals surface area contributed by atoms with Gasteiger partial charge in [-0.1, -0.05) is 48.5 Å². The van der Waals surface area contributed by atoms with Gasteiger partial charge >= 0.3 is 0 Å². The van der Waals surface area contributed by atoms with Crippen LogP contribution >= 0.6 is 0 Å². The van der Waals surface area contributed by atoms with Crippen LogP contribution in [0.1, 0.15) is 0 Å². The lowest BCUT2D eigenvalue weighted by Gasteiger charge is -2.12. The number of aromatic nitrogens is 1. The maximum Gasteiger partial charge on any atom is 0.291 e. The lowest BCUT2D eigenvalue weighted by molar-refractivity contribution is 0.163. The van der Waals surface area contributed by atoms with E-state index < -0.39 is 0 Å². The van der Waals surface area contributed by atoms with E-state index in [0.717, 1.165) is 16.6 Å². The molecule has 1 aromatic heterocycles. The highest BCUT2D eigenvalue weighted by atomic mass is 16.6. The smallest absolute Gasteiger partial charge is 0.291 e. The summed E-state index contributed by atoms with van der Waals surface area (Å²) in [4.78, 5) is 17.6. The molecule has 0 amide bonds. The van der Waals surface area contributed by atoms with E-state index in [9.17, 15) is 4.79 Å². The predicted octanol–water partition coefficient (Wildman–Crippen LogP) is 2.73. The minimum atomic E-state index is -0.139. The van der Waals surface area contributed by atoms with Crippen LogP contribution < -0.4 is 10.4 Å². The summed E-state index contributed by atoms with van der Waals surface area (Å²) < 4.78 is 1.33. The number of hydrogen-bond acceptors (Lipinski definition) is 2. The normalized spacial score (nSPS) is 10.6. The van der Waals surface area contributed by atoms with Crippen LogP contribution in [0.15, 0.2) is 65.5 Å². The summed E-state index contributed by atoms with van der Waals surface area (Å²) in [6.07, 6.45) is 0. The zero-order chi connectivity index (χ0) is 13.2. The Bertz CT molecular complexity index is 776. The molecule has 0 N–H and O–H groups in total. The van der Waals surface area contributed by atoms with Gasteiger partial charge in [-0.3, -0.25) is 4.79 Å². The SMILES string of the molecule is COn1c(-c2ccccc2)cc2ccccc2c1=O. The molecule has 1 heterocycles. The Morgan fingerprint density at radius 1 is 0.947 bits per heavy atom. The van der Waals surface area contributed by atoms with Gasteiger partial charge in [0, 0.05) is 5.56 Å². The molecule has 94 valence electrons. The summed E-state index contributed by atoms with van der Waals surface area (Å²) in [5, 5.41) is 1.57. The third kappa shape index (κ3) is 1.89. The second-order valence-electron chi connectivity index (χ2n) is 4.26. The molecule has 0 aliphatic carbocycles. The first kappa shape index (κ1) is 11.5. The Balaban J connectivity index is 2.39. The van der Waals surface area contributed by atoms with E-state index in [1.807, 2.05) is 60.7 Å². The van der Waals surface area contributed by atoms with Gasteiger partial charge in [0.05, 0.1) is 11.1 Å². The van der Waals surface area contributed by atoms with Crippen LogP contribution in [0.2, 0.25) is 0 Å². The Morgan fingerprint density at radius 2 is 1.63 bits per heavy atom. The Morgan fingerprint density at radius 3 is 2.37 bits per heavy atom. The Hall–Kier alpha value is -2.55. The molecule has 0 bridgehead atoms. The molecule has 0 aliphatic rings. The standard InChI is InChI=1S/C16H13NO2/c1-19-17-15(12-7-3-2-4-8-12)11-13-9-5-6-10-14(13)16(17)18/h2-11H,1H3. The fourth-order valence-corrected chi connectivity index (χ4v) is 2.23. The first-order chi connectivity index (χ1) is 9.31. The molecular formula is C16H13NO2. The second-order valence-corrected chi connectivity index (χ2v) is 4.26. The first-order valence-electron chi connectivity index (χ1n) is 6.06. The molecule has 2 aromatic carbocycles. The molecule has 0 saturated heterocycles. The van der Waals surface area contributed by atoms with Crippen molar-refractivity contribution >= 4 is 10.8 Å². The third-order valence-corrected chi connectivity index (χ3v) is 3.14. The molecule has 0 unspecified atom stereocenters. The molecule has 0 spiro atoms. The van der Waals surface area contributed by atoms with E-state index in [1.54, 1.807) is 0 Å². The van der Waals surface area contributed by atoms with E-state index in [1.165, 1.54) is 11.8 Å². The Kier molecular flexibility index (Phi) is 2.80. The molecule has 3 aromatic rings.